The highest BCUT2D eigenvalue weighted by molar-refractivity contribution is 7.99. The highest BCUT2D eigenvalue weighted by atomic mass is 35.5. The molecule has 0 radical (unpaired) electrons. The van der Waals surface area contributed by atoms with Crippen molar-refractivity contribution in [2.45, 2.75) is 24.3 Å². The third-order valence-electron chi connectivity index (χ3n) is 3.45. The summed E-state index contributed by atoms with van der Waals surface area (Å²) in [6, 6.07) is 3.44. The van der Waals surface area contributed by atoms with Gasteiger partial charge in [-0.15, -0.1) is 23.4 Å². The highest BCUT2D eigenvalue weighted by Gasteiger charge is 2.19. The fourth-order valence-corrected chi connectivity index (χ4v) is 3.81. The van der Waals surface area contributed by atoms with Crippen LogP contribution in [0.1, 0.15) is 17.7 Å². The molecule has 0 bridgehead atoms. The molecular formula is C14H16ClFN2S. The number of nitrogens with one attached hydrogen (secondary N) is 2. The second-order valence-corrected chi connectivity index (χ2v) is 6.21. The smallest absolute Gasteiger partial charge is 0.132 e. The first kappa shape index (κ1) is 13.3. The zero-order chi connectivity index (χ0) is 13.2. The average Bonchev–Trinajstić information content (AvgIpc) is 2.82. The van der Waals surface area contributed by atoms with Crippen LogP contribution in [0.25, 0.3) is 10.9 Å². The number of halogens is 2. The van der Waals surface area contributed by atoms with Gasteiger partial charge in [-0.3, -0.25) is 0 Å². The van der Waals surface area contributed by atoms with E-state index in [2.05, 4.69) is 10.3 Å². The van der Waals surface area contributed by atoms with Gasteiger partial charge in [0.2, 0.25) is 0 Å². The maximum absolute atomic E-state index is 14.1. The monoisotopic (exact) mass is 298 g/mol. The standard InChI is InChI=1S/C14H16ClFN2S/c15-5-1-7-19-12-3-2-10(16)13-9-8-17-6-4-11(9)18-14(12)13/h2-3,17-18H,1,4-8H2. The van der Waals surface area contributed by atoms with Gasteiger partial charge in [-0.25, -0.2) is 4.39 Å². The summed E-state index contributed by atoms with van der Waals surface area (Å²) in [6.45, 7) is 1.71. The molecule has 2 aromatic rings. The molecule has 0 saturated heterocycles. The first-order valence-corrected chi connectivity index (χ1v) is 8.04. The molecule has 0 atom stereocenters. The Bertz CT molecular complexity index is 597. The Labute approximate surface area is 121 Å². The van der Waals surface area contributed by atoms with Crippen molar-refractivity contribution >= 4 is 34.3 Å². The summed E-state index contributed by atoms with van der Waals surface area (Å²) in [5.41, 5.74) is 3.23. The molecule has 0 fully saturated rings. The molecule has 1 aromatic carbocycles. The summed E-state index contributed by atoms with van der Waals surface area (Å²) in [5, 5.41) is 4.07. The van der Waals surface area contributed by atoms with E-state index in [0.29, 0.717) is 5.88 Å². The van der Waals surface area contributed by atoms with E-state index in [9.17, 15) is 4.39 Å². The number of alkyl halides is 1. The zero-order valence-corrected chi connectivity index (χ0v) is 12.1. The summed E-state index contributed by atoms with van der Waals surface area (Å²) in [5.74, 6) is 1.51. The maximum Gasteiger partial charge on any atom is 0.132 e. The number of aromatic amines is 1. The largest absolute Gasteiger partial charge is 0.357 e. The second-order valence-electron chi connectivity index (χ2n) is 4.70. The van der Waals surface area contributed by atoms with Crippen molar-refractivity contribution in [1.82, 2.24) is 10.3 Å². The quantitative estimate of drug-likeness (QED) is 0.512. The van der Waals surface area contributed by atoms with E-state index in [-0.39, 0.29) is 5.82 Å². The van der Waals surface area contributed by atoms with E-state index in [1.54, 1.807) is 17.8 Å². The molecule has 0 saturated carbocycles. The van der Waals surface area contributed by atoms with Crippen molar-refractivity contribution in [1.29, 1.82) is 0 Å². The van der Waals surface area contributed by atoms with Gasteiger partial charge in [0.05, 0.1) is 5.52 Å². The van der Waals surface area contributed by atoms with Crippen LogP contribution in [0, 0.1) is 5.82 Å². The van der Waals surface area contributed by atoms with Crippen LogP contribution < -0.4 is 5.32 Å². The second kappa shape index (κ2) is 5.73. The average molecular weight is 299 g/mol. The minimum absolute atomic E-state index is 0.127. The first-order valence-electron chi connectivity index (χ1n) is 6.52. The number of hydrogen-bond donors (Lipinski definition) is 2. The lowest BCUT2D eigenvalue weighted by atomic mass is 10.1. The lowest BCUT2D eigenvalue weighted by Crippen LogP contribution is -2.23. The number of fused-ring (bicyclic) bond motifs is 3. The molecule has 19 heavy (non-hydrogen) atoms. The molecule has 0 amide bonds. The van der Waals surface area contributed by atoms with Crippen molar-refractivity contribution in [3.8, 4) is 0 Å². The lowest BCUT2D eigenvalue weighted by molar-refractivity contribution is 0.624. The molecule has 1 aromatic heterocycles. The third-order valence-corrected chi connectivity index (χ3v) is 4.86. The highest BCUT2D eigenvalue weighted by Crippen LogP contribution is 2.34. The molecule has 0 spiro atoms. The lowest BCUT2D eigenvalue weighted by Gasteiger charge is -2.12. The summed E-state index contributed by atoms with van der Waals surface area (Å²) in [7, 11) is 0. The van der Waals surface area contributed by atoms with Gasteiger partial charge in [0.15, 0.2) is 0 Å². The van der Waals surface area contributed by atoms with Crippen molar-refractivity contribution in [3.05, 3.63) is 29.2 Å². The van der Waals surface area contributed by atoms with Crippen LogP contribution in [0.4, 0.5) is 4.39 Å². The summed E-state index contributed by atoms with van der Waals surface area (Å²) >= 11 is 7.45. The van der Waals surface area contributed by atoms with Crippen LogP contribution in [0.5, 0.6) is 0 Å². The minimum atomic E-state index is -0.127. The Morgan fingerprint density at radius 3 is 3.11 bits per heavy atom. The maximum atomic E-state index is 14.1. The van der Waals surface area contributed by atoms with Crippen molar-refractivity contribution in [3.63, 3.8) is 0 Å². The van der Waals surface area contributed by atoms with Gasteiger partial charge in [-0.1, -0.05) is 0 Å². The molecule has 1 aliphatic rings. The van der Waals surface area contributed by atoms with E-state index in [0.717, 1.165) is 53.0 Å². The molecule has 3 rings (SSSR count). The van der Waals surface area contributed by atoms with Crippen molar-refractivity contribution in [2.24, 2.45) is 0 Å². The van der Waals surface area contributed by atoms with Gasteiger partial charge in [0.1, 0.15) is 5.82 Å². The van der Waals surface area contributed by atoms with Gasteiger partial charge in [0.25, 0.3) is 0 Å². The van der Waals surface area contributed by atoms with Crippen molar-refractivity contribution < 1.29 is 4.39 Å². The van der Waals surface area contributed by atoms with E-state index in [1.807, 2.05) is 6.07 Å². The van der Waals surface area contributed by atoms with Crippen LogP contribution in [-0.4, -0.2) is 23.2 Å². The van der Waals surface area contributed by atoms with E-state index >= 15 is 0 Å². The number of benzene rings is 1. The van der Waals surface area contributed by atoms with Crippen LogP contribution in [0.2, 0.25) is 0 Å². The van der Waals surface area contributed by atoms with E-state index in [4.69, 9.17) is 11.6 Å². The number of thioether (sulfide) groups is 1. The summed E-state index contributed by atoms with van der Waals surface area (Å²) in [4.78, 5) is 4.54. The fraction of sp³-hybridized carbons (Fsp3) is 0.429. The molecule has 5 heteroatoms. The van der Waals surface area contributed by atoms with E-state index in [1.165, 1.54) is 5.69 Å². The van der Waals surface area contributed by atoms with Gasteiger partial charge < -0.3 is 10.3 Å². The van der Waals surface area contributed by atoms with Gasteiger partial charge >= 0.3 is 0 Å². The van der Waals surface area contributed by atoms with Crippen LogP contribution in [0.15, 0.2) is 17.0 Å². The van der Waals surface area contributed by atoms with Crippen LogP contribution in [0.3, 0.4) is 0 Å². The van der Waals surface area contributed by atoms with Crippen LogP contribution in [-0.2, 0) is 13.0 Å². The fourth-order valence-electron chi connectivity index (χ4n) is 2.55. The Morgan fingerprint density at radius 1 is 1.37 bits per heavy atom. The number of aromatic nitrogens is 1. The molecule has 2 heterocycles. The Hall–Kier alpha value is -0.710. The predicted molar refractivity (Wildman–Crippen MR) is 79.7 cm³/mol. The number of H-pyrrole nitrogens is 1. The topological polar surface area (TPSA) is 27.8 Å². The summed E-state index contributed by atoms with van der Waals surface area (Å²) < 4.78 is 14.1. The summed E-state index contributed by atoms with van der Waals surface area (Å²) in [6.07, 6.45) is 1.91. The Balaban J connectivity index is 2.04. The van der Waals surface area contributed by atoms with Gasteiger partial charge in [-0.05, 0) is 29.9 Å². The van der Waals surface area contributed by atoms with Gasteiger partial charge in [0, 0.05) is 41.4 Å². The number of rotatable bonds is 4. The zero-order valence-electron chi connectivity index (χ0n) is 10.6. The molecule has 0 unspecified atom stereocenters. The van der Waals surface area contributed by atoms with Crippen molar-refractivity contribution in [2.75, 3.05) is 18.2 Å². The van der Waals surface area contributed by atoms with E-state index < -0.39 is 0 Å². The molecule has 2 nitrogen and oxygen atoms in total. The third kappa shape index (κ3) is 2.49. The Morgan fingerprint density at radius 2 is 2.26 bits per heavy atom. The van der Waals surface area contributed by atoms with Gasteiger partial charge in [-0.2, -0.15) is 0 Å². The molecule has 1 aliphatic heterocycles. The normalized spacial score (nSPS) is 14.8. The Kier molecular flexibility index (Phi) is 4.01. The molecule has 0 aliphatic carbocycles. The number of hydrogen-bond acceptors (Lipinski definition) is 2. The molecule has 2 N–H and O–H groups in total. The molecular weight excluding hydrogens is 283 g/mol. The SMILES string of the molecule is Fc1ccc(SCCCCl)c2[nH]c3c(c12)CNCC3. The first-order chi connectivity index (χ1) is 9.31. The molecule has 102 valence electrons. The predicted octanol–water partition coefficient (Wildman–Crippen LogP) is 3.67. The minimum Gasteiger partial charge on any atom is -0.357 e. The van der Waals surface area contributed by atoms with Crippen LogP contribution >= 0.6 is 23.4 Å².